The van der Waals surface area contributed by atoms with E-state index in [4.69, 9.17) is 0 Å². The van der Waals surface area contributed by atoms with Crippen LogP contribution in [-0.2, 0) is 7.05 Å². The summed E-state index contributed by atoms with van der Waals surface area (Å²) in [6.45, 7) is 0. The molecular formula is C10H13N5. The predicted molar refractivity (Wildman–Crippen MR) is 60.3 cm³/mol. The highest BCUT2D eigenvalue weighted by atomic mass is 15.3. The smallest absolute Gasteiger partial charge is 0.152 e. The molecule has 2 aromatic rings. The quantitative estimate of drug-likeness (QED) is 0.795. The topological polar surface area (TPSA) is 54.8 Å². The molecule has 2 aromatic heterocycles. The van der Waals surface area contributed by atoms with Gasteiger partial charge in [0.25, 0.3) is 0 Å². The van der Waals surface area contributed by atoms with Gasteiger partial charge in [-0.3, -0.25) is 4.68 Å². The van der Waals surface area contributed by atoms with E-state index < -0.39 is 0 Å². The number of pyridine rings is 1. The Kier molecular flexibility index (Phi) is 2.53. The highest BCUT2D eigenvalue weighted by molar-refractivity contribution is 5.59. The lowest BCUT2D eigenvalue weighted by Gasteiger charge is -2.04. The molecule has 15 heavy (non-hydrogen) atoms. The van der Waals surface area contributed by atoms with Gasteiger partial charge >= 0.3 is 0 Å². The van der Waals surface area contributed by atoms with Crippen molar-refractivity contribution in [3.63, 3.8) is 0 Å². The maximum Gasteiger partial charge on any atom is 0.152 e. The highest BCUT2D eigenvalue weighted by Gasteiger charge is 1.98. The van der Waals surface area contributed by atoms with Crippen LogP contribution in [0, 0.1) is 0 Å². The molecule has 2 rings (SSSR count). The molecule has 5 nitrogen and oxygen atoms in total. The van der Waals surface area contributed by atoms with Crippen LogP contribution in [0.25, 0.3) is 0 Å². The number of hydrogen-bond donors (Lipinski definition) is 2. The Labute approximate surface area is 88.1 Å². The molecule has 5 heteroatoms. The monoisotopic (exact) mass is 203 g/mol. The molecule has 78 valence electrons. The van der Waals surface area contributed by atoms with Gasteiger partial charge in [-0.2, -0.15) is 5.10 Å². The number of nitrogens with one attached hydrogen (secondary N) is 2. The summed E-state index contributed by atoms with van der Waals surface area (Å²) < 4.78 is 1.75. The lowest BCUT2D eigenvalue weighted by Crippen LogP contribution is -1.96. The molecule has 0 aliphatic heterocycles. The van der Waals surface area contributed by atoms with E-state index >= 15 is 0 Å². The third-order valence-corrected chi connectivity index (χ3v) is 2.00. The molecule has 0 saturated carbocycles. The van der Waals surface area contributed by atoms with Crippen LogP contribution in [0.2, 0.25) is 0 Å². The zero-order valence-corrected chi connectivity index (χ0v) is 8.73. The second-order valence-electron chi connectivity index (χ2n) is 3.18. The second kappa shape index (κ2) is 4.00. The average Bonchev–Trinajstić information content (AvgIpc) is 2.64. The molecule has 0 spiro atoms. The minimum absolute atomic E-state index is 0.825. The van der Waals surface area contributed by atoms with Gasteiger partial charge in [0.2, 0.25) is 0 Å². The summed E-state index contributed by atoms with van der Waals surface area (Å²) in [7, 11) is 3.73. The Hall–Kier alpha value is -2.04. The Morgan fingerprint density at radius 1 is 1.27 bits per heavy atom. The molecule has 0 aliphatic rings. The minimum Gasteiger partial charge on any atom is -0.373 e. The van der Waals surface area contributed by atoms with Crippen molar-refractivity contribution < 1.29 is 0 Å². The van der Waals surface area contributed by atoms with Gasteiger partial charge in [0.05, 0.1) is 0 Å². The molecule has 0 bridgehead atoms. The van der Waals surface area contributed by atoms with Crippen molar-refractivity contribution >= 4 is 17.3 Å². The van der Waals surface area contributed by atoms with Gasteiger partial charge in [-0.15, -0.1) is 0 Å². The standard InChI is InChI=1S/C10H13N5/c1-11-10-7-8(3-5-12-10)13-9-4-6-15(2)14-9/h3-7H,1-2H3,(H2,11,12,13,14). The molecular weight excluding hydrogens is 190 g/mol. The maximum atomic E-state index is 4.23. The summed E-state index contributed by atoms with van der Waals surface area (Å²) in [5, 5.41) is 10.4. The zero-order chi connectivity index (χ0) is 10.7. The lowest BCUT2D eigenvalue weighted by atomic mass is 10.4. The Morgan fingerprint density at radius 2 is 2.13 bits per heavy atom. The van der Waals surface area contributed by atoms with Gasteiger partial charge in [-0.25, -0.2) is 4.98 Å². The van der Waals surface area contributed by atoms with Crippen molar-refractivity contribution in [3.8, 4) is 0 Å². The van der Waals surface area contributed by atoms with Gasteiger partial charge < -0.3 is 10.6 Å². The summed E-state index contributed by atoms with van der Waals surface area (Å²) >= 11 is 0. The number of hydrogen-bond acceptors (Lipinski definition) is 4. The first-order chi connectivity index (χ1) is 7.28. The SMILES string of the molecule is CNc1cc(Nc2ccn(C)n2)ccn1. The molecule has 0 aliphatic carbocycles. The van der Waals surface area contributed by atoms with Crippen molar-refractivity contribution in [2.24, 2.45) is 7.05 Å². The average molecular weight is 203 g/mol. The van der Waals surface area contributed by atoms with Gasteiger partial charge in [0.1, 0.15) is 5.82 Å². The van der Waals surface area contributed by atoms with E-state index in [0.29, 0.717) is 0 Å². The number of aryl methyl sites for hydroxylation is 1. The summed E-state index contributed by atoms with van der Waals surface area (Å²) in [5.74, 6) is 1.65. The van der Waals surface area contributed by atoms with E-state index in [1.54, 1.807) is 10.9 Å². The van der Waals surface area contributed by atoms with Gasteiger partial charge in [-0.1, -0.05) is 0 Å². The Morgan fingerprint density at radius 3 is 2.80 bits per heavy atom. The van der Waals surface area contributed by atoms with E-state index in [1.165, 1.54) is 0 Å². The fourth-order valence-corrected chi connectivity index (χ4v) is 1.27. The molecule has 0 fully saturated rings. The summed E-state index contributed by atoms with van der Waals surface area (Å²) in [6, 6.07) is 5.74. The predicted octanol–water partition coefficient (Wildman–Crippen LogP) is 1.60. The summed E-state index contributed by atoms with van der Waals surface area (Å²) in [5.41, 5.74) is 0.966. The molecule has 0 radical (unpaired) electrons. The third-order valence-electron chi connectivity index (χ3n) is 2.00. The van der Waals surface area contributed by atoms with Gasteiger partial charge in [0.15, 0.2) is 5.82 Å². The fourth-order valence-electron chi connectivity index (χ4n) is 1.27. The Bertz CT molecular complexity index is 449. The van der Waals surface area contributed by atoms with Crippen LogP contribution in [0.5, 0.6) is 0 Å². The number of nitrogens with zero attached hydrogens (tertiary/aromatic N) is 3. The third kappa shape index (κ3) is 2.25. The molecule has 0 amide bonds. The van der Waals surface area contributed by atoms with Crippen molar-refractivity contribution in [2.45, 2.75) is 0 Å². The lowest BCUT2D eigenvalue weighted by molar-refractivity contribution is 0.771. The van der Waals surface area contributed by atoms with Crippen LogP contribution in [0.4, 0.5) is 17.3 Å². The zero-order valence-electron chi connectivity index (χ0n) is 8.73. The van der Waals surface area contributed by atoms with Crippen LogP contribution in [-0.4, -0.2) is 21.8 Å². The van der Waals surface area contributed by atoms with Crippen LogP contribution >= 0.6 is 0 Å². The molecule has 0 unspecified atom stereocenters. The second-order valence-corrected chi connectivity index (χ2v) is 3.18. The first-order valence-electron chi connectivity index (χ1n) is 4.68. The van der Waals surface area contributed by atoms with Crippen LogP contribution in [0.15, 0.2) is 30.6 Å². The van der Waals surface area contributed by atoms with E-state index in [2.05, 4.69) is 20.7 Å². The van der Waals surface area contributed by atoms with Crippen molar-refractivity contribution in [1.82, 2.24) is 14.8 Å². The fraction of sp³-hybridized carbons (Fsp3) is 0.200. The Balaban J connectivity index is 2.16. The summed E-state index contributed by atoms with van der Waals surface area (Å²) in [6.07, 6.45) is 3.64. The van der Waals surface area contributed by atoms with E-state index in [1.807, 2.05) is 38.5 Å². The highest BCUT2D eigenvalue weighted by Crippen LogP contribution is 2.16. The number of anilines is 3. The van der Waals surface area contributed by atoms with Crippen molar-refractivity contribution in [2.75, 3.05) is 17.7 Å². The number of rotatable bonds is 3. The van der Waals surface area contributed by atoms with Crippen LogP contribution in [0.1, 0.15) is 0 Å². The van der Waals surface area contributed by atoms with Crippen LogP contribution in [0.3, 0.4) is 0 Å². The van der Waals surface area contributed by atoms with E-state index in [-0.39, 0.29) is 0 Å². The summed E-state index contributed by atoms with van der Waals surface area (Å²) in [4.78, 5) is 4.13. The van der Waals surface area contributed by atoms with E-state index in [9.17, 15) is 0 Å². The van der Waals surface area contributed by atoms with E-state index in [0.717, 1.165) is 17.3 Å². The van der Waals surface area contributed by atoms with Gasteiger partial charge in [-0.05, 0) is 6.07 Å². The molecule has 0 aromatic carbocycles. The van der Waals surface area contributed by atoms with Crippen molar-refractivity contribution in [1.29, 1.82) is 0 Å². The molecule has 2 N–H and O–H groups in total. The largest absolute Gasteiger partial charge is 0.373 e. The molecule has 0 saturated heterocycles. The number of aromatic nitrogens is 3. The first-order valence-corrected chi connectivity index (χ1v) is 4.68. The maximum absolute atomic E-state index is 4.23. The van der Waals surface area contributed by atoms with Crippen LogP contribution < -0.4 is 10.6 Å². The van der Waals surface area contributed by atoms with Crippen molar-refractivity contribution in [3.05, 3.63) is 30.6 Å². The van der Waals surface area contributed by atoms with Gasteiger partial charge in [0, 0.05) is 44.3 Å². The molecule has 2 heterocycles. The minimum atomic E-state index is 0.825. The first kappa shape index (κ1) is 9.51. The molecule has 0 atom stereocenters. The normalized spacial score (nSPS) is 10.0.